The predicted octanol–water partition coefficient (Wildman–Crippen LogP) is 4.16. The van der Waals surface area contributed by atoms with Crippen LogP contribution in [0.1, 0.15) is 60.3 Å². The maximum atomic E-state index is 6.09. The second kappa shape index (κ2) is 6.38. The van der Waals surface area contributed by atoms with Crippen LogP contribution in [0.4, 0.5) is 0 Å². The summed E-state index contributed by atoms with van der Waals surface area (Å²) in [6, 6.07) is 3.14. The summed E-state index contributed by atoms with van der Waals surface area (Å²) in [5.74, 6) is 0. The quantitative estimate of drug-likeness (QED) is 0.844. The van der Waals surface area contributed by atoms with Crippen LogP contribution < -0.4 is 5.32 Å². The van der Waals surface area contributed by atoms with Crippen LogP contribution in [0.3, 0.4) is 0 Å². The first-order valence-electron chi connectivity index (χ1n) is 7.74. The molecule has 3 heteroatoms. The zero-order valence-corrected chi connectivity index (χ0v) is 12.7. The number of rotatable bonds is 6. The van der Waals surface area contributed by atoms with Gasteiger partial charge in [0.25, 0.3) is 0 Å². The van der Waals surface area contributed by atoms with Gasteiger partial charge in [0.15, 0.2) is 0 Å². The normalized spacial score (nSPS) is 20.9. The SMILES string of the molecule is Cc1sc(CNC2CC2)cc1COC1CCCCC1. The van der Waals surface area contributed by atoms with E-state index in [9.17, 15) is 0 Å². The summed E-state index contributed by atoms with van der Waals surface area (Å²) >= 11 is 1.93. The van der Waals surface area contributed by atoms with Crippen molar-refractivity contribution in [3.63, 3.8) is 0 Å². The smallest absolute Gasteiger partial charge is 0.0731 e. The molecule has 19 heavy (non-hydrogen) atoms. The molecule has 0 unspecified atom stereocenters. The Balaban J connectivity index is 1.48. The summed E-state index contributed by atoms with van der Waals surface area (Å²) in [6.45, 7) is 4.08. The van der Waals surface area contributed by atoms with E-state index in [4.69, 9.17) is 4.74 Å². The third-order valence-electron chi connectivity index (χ3n) is 4.24. The second-order valence-electron chi connectivity index (χ2n) is 6.02. The first kappa shape index (κ1) is 13.6. The summed E-state index contributed by atoms with van der Waals surface area (Å²) in [5.41, 5.74) is 1.41. The molecule has 2 nitrogen and oxygen atoms in total. The van der Waals surface area contributed by atoms with Crippen molar-refractivity contribution in [3.8, 4) is 0 Å². The Morgan fingerprint density at radius 3 is 2.74 bits per heavy atom. The Labute approximate surface area is 120 Å². The van der Waals surface area contributed by atoms with Gasteiger partial charge in [-0.2, -0.15) is 0 Å². The van der Waals surface area contributed by atoms with Crippen LogP contribution in [0, 0.1) is 6.92 Å². The lowest BCUT2D eigenvalue weighted by atomic mass is 9.98. The molecular weight excluding hydrogens is 254 g/mol. The monoisotopic (exact) mass is 279 g/mol. The first-order chi connectivity index (χ1) is 9.31. The minimum absolute atomic E-state index is 0.515. The Hall–Kier alpha value is -0.380. The lowest BCUT2D eigenvalue weighted by Gasteiger charge is -2.21. The Kier molecular flexibility index (Phi) is 4.57. The van der Waals surface area contributed by atoms with Gasteiger partial charge in [-0.05, 0) is 44.2 Å². The fourth-order valence-electron chi connectivity index (χ4n) is 2.79. The van der Waals surface area contributed by atoms with E-state index < -0.39 is 0 Å². The van der Waals surface area contributed by atoms with Gasteiger partial charge in [-0.15, -0.1) is 11.3 Å². The second-order valence-corrected chi connectivity index (χ2v) is 7.36. The van der Waals surface area contributed by atoms with Gasteiger partial charge in [0.2, 0.25) is 0 Å². The van der Waals surface area contributed by atoms with Crippen molar-refractivity contribution in [2.24, 2.45) is 0 Å². The summed E-state index contributed by atoms with van der Waals surface area (Å²) in [4.78, 5) is 2.90. The van der Waals surface area contributed by atoms with Gasteiger partial charge < -0.3 is 10.1 Å². The minimum Gasteiger partial charge on any atom is -0.374 e. The van der Waals surface area contributed by atoms with Crippen LogP contribution in [-0.4, -0.2) is 12.1 Å². The molecule has 1 aromatic rings. The van der Waals surface area contributed by atoms with Gasteiger partial charge in [-0.3, -0.25) is 0 Å². The van der Waals surface area contributed by atoms with Crippen LogP contribution in [0.5, 0.6) is 0 Å². The average molecular weight is 279 g/mol. The molecule has 0 aromatic carbocycles. The fraction of sp³-hybridized carbons (Fsp3) is 0.750. The molecule has 2 aliphatic carbocycles. The first-order valence-corrected chi connectivity index (χ1v) is 8.56. The number of nitrogens with one attached hydrogen (secondary N) is 1. The molecule has 0 spiro atoms. The van der Waals surface area contributed by atoms with Crippen molar-refractivity contribution in [2.45, 2.75) is 77.2 Å². The molecule has 3 rings (SSSR count). The van der Waals surface area contributed by atoms with E-state index in [0.717, 1.165) is 19.2 Å². The molecular formula is C16H25NOS. The van der Waals surface area contributed by atoms with E-state index in [1.807, 2.05) is 11.3 Å². The van der Waals surface area contributed by atoms with Crippen molar-refractivity contribution in [1.29, 1.82) is 0 Å². The standard InChI is InChI=1S/C16H25NOS/c1-12-13(11-18-15-5-3-2-4-6-15)9-16(19-12)10-17-14-7-8-14/h9,14-15,17H,2-8,10-11H2,1H3. The molecule has 0 bridgehead atoms. The van der Waals surface area contributed by atoms with Gasteiger partial charge in [0.1, 0.15) is 0 Å². The maximum absolute atomic E-state index is 6.09. The molecule has 2 saturated carbocycles. The van der Waals surface area contributed by atoms with Gasteiger partial charge in [0.05, 0.1) is 12.7 Å². The highest BCUT2D eigenvalue weighted by molar-refractivity contribution is 7.12. The highest BCUT2D eigenvalue weighted by Crippen LogP contribution is 2.26. The van der Waals surface area contributed by atoms with Gasteiger partial charge in [0, 0.05) is 22.3 Å². The van der Waals surface area contributed by atoms with Crippen molar-refractivity contribution >= 4 is 11.3 Å². The largest absolute Gasteiger partial charge is 0.374 e. The maximum Gasteiger partial charge on any atom is 0.0731 e. The lowest BCUT2D eigenvalue weighted by Crippen LogP contribution is -2.16. The molecule has 1 aromatic heterocycles. The third kappa shape index (κ3) is 4.04. The lowest BCUT2D eigenvalue weighted by molar-refractivity contribution is 0.0168. The molecule has 0 saturated heterocycles. The van der Waals surface area contributed by atoms with E-state index in [1.54, 1.807) is 0 Å². The van der Waals surface area contributed by atoms with E-state index in [1.165, 1.54) is 60.3 Å². The van der Waals surface area contributed by atoms with E-state index >= 15 is 0 Å². The Morgan fingerprint density at radius 1 is 1.21 bits per heavy atom. The highest BCUT2D eigenvalue weighted by Gasteiger charge is 2.20. The molecule has 0 aliphatic heterocycles. The van der Waals surface area contributed by atoms with E-state index in [0.29, 0.717) is 6.10 Å². The summed E-state index contributed by atoms with van der Waals surface area (Å²) in [6.07, 6.45) is 9.87. The topological polar surface area (TPSA) is 21.3 Å². The third-order valence-corrected chi connectivity index (χ3v) is 5.33. The zero-order valence-electron chi connectivity index (χ0n) is 11.9. The molecule has 2 aliphatic rings. The Morgan fingerprint density at radius 2 is 2.00 bits per heavy atom. The number of ether oxygens (including phenoxy) is 1. The van der Waals surface area contributed by atoms with E-state index in [2.05, 4.69) is 18.3 Å². The van der Waals surface area contributed by atoms with E-state index in [-0.39, 0.29) is 0 Å². The number of thiophene rings is 1. The molecule has 0 atom stereocenters. The highest BCUT2D eigenvalue weighted by atomic mass is 32.1. The van der Waals surface area contributed by atoms with Gasteiger partial charge in [-0.25, -0.2) is 0 Å². The molecule has 0 radical (unpaired) electrons. The zero-order chi connectivity index (χ0) is 13.1. The molecule has 1 N–H and O–H groups in total. The van der Waals surface area contributed by atoms with Crippen LogP contribution >= 0.6 is 11.3 Å². The summed E-state index contributed by atoms with van der Waals surface area (Å²) in [7, 11) is 0. The number of aryl methyl sites for hydroxylation is 1. The fourth-order valence-corrected chi connectivity index (χ4v) is 3.79. The minimum atomic E-state index is 0.515. The Bertz CT molecular complexity index is 405. The van der Waals surface area contributed by atoms with Crippen molar-refractivity contribution < 1.29 is 4.74 Å². The molecule has 1 heterocycles. The van der Waals surface area contributed by atoms with Crippen LogP contribution in [0.2, 0.25) is 0 Å². The summed E-state index contributed by atoms with van der Waals surface area (Å²) in [5, 5.41) is 3.59. The average Bonchev–Trinajstić information content (AvgIpc) is 3.19. The van der Waals surface area contributed by atoms with Gasteiger partial charge >= 0.3 is 0 Å². The van der Waals surface area contributed by atoms with Crippen molar-refractivity contribution in [2.75, 3.05) is 0 Å². The molecule has 106 valence electrons. The van der Waals surface area contributed by atoms with Crippen LogP contribution in [0.25, 0.3) is 0 Å². The predicted molar refractivity (Wildman–Crippen MR) is 80.6 cm³/mol. The van der Waals surface area contributed by atoms with Crippen LogP contribution in [-0.2, 0) is 17.9 Å². The van der Waals surface area contributed by atoms with Gasteiger partial charge in [-0.1, -0.05) is 19.3 Å². The number of hydrogen-bond donors (Lipinski definition) is 1. The van der Waals surface area contributed by atoms with Crippen molar-refractivity contribution in [1.82, 2.24) is 5.32 Å². The summed E-state index contributed by atoms with van der Waals surface area (Å²) < 4.78 is 6.09. The van der Waals surface area contributed by atoms with Crippen molar-refractivity contribution in [3.05, 3.63) is 21.4 Å². The number of hydrogen-bond acceptors (Lipinski definition) is 3. The molecule has 2 fully saturated rings. The van der Waals surface area contributed by atoms with Crippen LogP contribution in [0.15, 0.2) is 6.07 Å². The molecule has 0 amide bonds.